The maximum Gasteiger partial charge on any atom is 0.410 e. The van der Waals surface area contributed by atoms with Crippen LogP contribution in [-0.2, 0) is 10.2 Å². The fourth-order valence-electron chi connectivity index (χ4n) is 2.69. The Morgan fingerprint density at radius 2 is 1.78 bits per heavy atom. The zero-order chi connectivity index (χ0) is 17.4. The standard InChI is InChI=1S/C17H30N4O2/c1-16(2,3)13-11-14(18)21(19-13)12-7-9-20(10-8-12)15(22)23-17(4,5)6/h11-12H,7-10,18H2,1-6H3. The van der Waals surface area contributed by atoms with Crippen molar-refractivity contribution in [2.75, 3.05) is 18.8 Å². The van der Waals surface area contributed by atoms with Gasteiger partial charge in [-0.15, -0.1) is 0 Å². The van der Waals surface area contributed by atoms with Crippen molar-refractivity contribution in [2.45, 2.75) is 71.4 Å². The van der Waals surface area contributed by atoms with Crippen LogP contribution in [-0.4, -0.2) is 39.5 Å². The number of nitrogens with two attached hydrogens (primary N) is 1. The molecule has 130 valence electrons. The molecular weight excluding hydrogens is 292 g/mol. The van der Waals surface area contributed by atoms with Gasteiger partial charge in [0.15, 0.2) is 0 Å². The number of aromatic nitrogens is 2. The number of rotatable bonds is 1. The first-order valence-corrected chi connectivity index (χ1v) is 8.31. The highest BCUT2D eigenvalue weighted by molar-refractivity contribution is 5.68. The highest BCUT2D eigenvalue weighted by Gasteiger charge is 2.29. The number of piperidine rings is 1. The van der Waals surface area contributed by atoms with E-state index in [1.165, 1.54) is 0 Å². The number of ether oxygens (including phenoxy) is 1. The summed E-state index contributed by atoms with van der Waals surface area (Å²) in [5.74, 6) is 0.700. The molecule has 0 spiro atoms. The lowest BCUT2D eigenvalue weighted by Crippen LogP contribution is -2.42. The second-order valence-corrected chi connectivity index (χ2v) is 8.35. The van der Waals surface area contributed by atoms with Crippen LogP contribution >= 0.6 is 0 Å². The van der Waals surface area contributed by atoms with Gasteiger partial charge in [-0.25, -0.2) is 9.48 Å². The number of carbonyl (C=O) groups is 1. The number of amides is 1. The number of hydrogen-bond donors (Lipinski definition) is 1. The van der Waals surface area contributed by atoms with Crippen LogP contribution in [0.1, 0.15) is 66.1 Å². The number of hydrogen-bond acceptors (Lipinski definition) is 4. The Morgan fingerprint density at radius 3 is 2.22 bits per heavy atom. The van der Waals surface area contributed by atoms with Crippen molar-refractivity contribution in [3.8, 4) is 0 Å². The first-order valence-electron chi connectivity index (χ1n) is 8.31. The Hall–Kier alpha value is -1.72. The van der Waals surface area contributed by atoms with Crippen LogP contribution < -0.4 is 5.73 Å². The van der Waals surface area contributed by atoms with E-state index in [9.17, 15) is 4.79 Å². The first-order chi connectivity index (χ1) is 10.5. The number of nitrogen functional groups attached to an aromatic ring is 1. The molecule has 1 amide bonds. The molecule has 1 aliphatic heterocycles. The average molecular weight is 322 g/mol. The van der Waals surface area contributed by atoms with Crippen LogP contribution in [0, 0.1) is 0 Å². The van der Waals surface area contributed by atoms with Crippen molar-refractivity contribution in [2.24, 2.45) is 0 Å². The van der Waals surface area contributed by atoms with Gasteiger partial charge in [-0.3, -0.25) is 0 Å². The molecule has 0 bridgehead atoms. The molecule has 2 N–H and O–H groups in total. The molecule has 0 atom stereocenters. The van der Waals surface area contributed by atoms with Gasteiger partial charge in [0.1, 0.15) is 11.4 Å². The third-order valence-corrected chi connectivity index (χ3v) is 4.00. The van der Waals surface area contributed by atoms with Crippen LogP contribution in [0.4, 0.5) is 10.6 Å². The van der Waals surface area contributed by atoms with Gasteiger partial charge >= 0.3 is 6.09 Å². The van der Waals surface area contributed by atoms with Gasteiger partial charge in [0, 0.05) is 24.6 Å². The first kappa shape index (κ1) is 17.6. The topological polar surface area (TPSA) is 73.4 Å². The molecule has 0 radical (unpaired) electrons. The maximum absolute atomic E-state index is 12.1. The van der Waals surface area contributed by atoms with Crippen molar-refractivity contribution in [3.05, 3.63) is 11.8 Å². The third kappa shape index (κ3) is 4.39. The predicted octanol–water partition coefficient (Wildman–Crippen LogP) is 3.33. The molecule has 6 heteroatoms. The molecule has 23 heavy (non-hydrogen) atoms. The Bertz CT molecular complexity index is 558. The lowest BCUT2D eigenvalue weighted by Gasteiger charge is -2.33. The number of nitrogens with zero attached hydrogens (tertiary/aromatic N) is 3. The molecule has 1 aromatic rings. The molecule has 1 fully saturated rings. The maximum atomic E-state index is 12.1. The Kier molecular flexibility index (Phi) is 4.64. The fraction of sp³-hybridized carbons (Fsp3) is 0.765. The number of carbonyl (C=O) groups excluding carboxylic acids is 1. The average Bonchev–Trinajstić information content (AvgIpc) is 2.79. The van der Waals surface area contributed by atoms with E-state index in [4.69, 9.17) is 15.6 Å². The summed E-state index contributed by atoms with van der Waals surface area (Å²) in [6.07, 6.45) is 1.45. The Balaban J connectivity index is 2.00. The lowest BCUT2D eigenvalue weighted by atomic mass is 9.92. The van der Waals surface area contributed by atoms with Gasteiger partial charge in [-0.05, 0) is 33.6 Å². The molecule has 1 aromatic heterocycles. The number of likely N-dealkylation sites (tertiary alicyclic amines) is 1. The van der Waals surface area contributed by atoms with Gasteiger partial charge in [0.2, 0.25) is 0 Å². The van der Waals surface area contributed by atoms with E-state index in [-0.39, 0.29) is 17.6 Å². The summed E-state index contributed by atoms with van der Waals surface area (Å²) in [6, 6.07) is 2.20. The molecule has 0 aromatic carbocycles. The van der Waals surface area contributed by atoms with Crippen LogP contribution in [0.25, 0.3) is 0 Å². The summed E-state index contributed by atoms with van der Waals surface area (Å²) in [5.41, 5.74) is 6.67. The van der Waals surface area contributed by atoms with E-state index in [1.54, 1.807) is 4.90 Å². The van der Waals surface area contributed by atoms with Crippen LogP contribution in [0.2, 0.25) is 0 Å². The molecule has 2 heterocycles. The van der Waals surface area contributed by atoms with Gasteiger partial charge in [-0.1, -0.05) is 20.8 Å². The van der Waals surface area contributed by atoms with Gasteiger partial charge in [-0.2, -0.15) is 5.10 Å². The Morgan fingerprint density at radius 1 is 1.22 bits per heavy atom. The normalized spacial score (nSPS) is 17.4. The van der Waals surface area contributed by atoms with E-state index >= 15 is 0 Å². The van der Waals surface area contributed by atoms with Crippen molar-refractivity contribution in [1.29, 1.82) is 0 Å². The smallest absolute Gasteiger partial charge is 0.410 e. The number of anilines is 1. The van der Waals surface area contributed by atoms with Crippen molar-refractivity contribution < 1.29 is 9.53 Å². The summed E-state index contributed by atoms with van der Waals surface area (Å²) < 4.78 is 7.35. The van der Waals surface area contributed by atoms with Crippen LogP contribution in [0.3, 0.4) is 0 Å². The molecule has 0 saturated carbocycles. The highest BCUT2D eigenvalue weighted by atomic mass is 16.6. The van der Waals surface area contributed by atoms with Gasteiger partial charge in [0.05, 0.1) is 11.7 Å². The van der Waals surface area contributed by atoms with Crippen molar-refractivity contribution in [1.82, 2.24) is 14.7 Å². The van der Waals surface area contributed by atoms with E-state index in [0.717, 1.165) is 18.5 Å². The quantitative estimate of drug-likeness (QED) is 0.860. The van der Waals surface area contributed by atoms with Gasteiger partial charge < -0.3 is 15.4 Å². The second-order valence-electron chi connectivity index (χ2n) is 8.35. The molecule has 6 nitrogen and oxygen atoms in total. The molecule has 0 unspecified atom stereocenters. The van der Waals surface area contributed by atoms with Crippen molar-refractivity contribution in [3.63, 3.8) is 0 Å². The molecule has 0 aliphatic carbocycles. The molecular formula is C17H30N4O2. The summed E-state index contributed by atoms with van der Waals surface area (Å²) >= 11 is 0. The monoisotopic (exact) mass is 322 g/mol. The largest absolute Gasteiger partial charge is 0.444 e. The third-order valence-electron chi connectivity index (χ3n) is 4.00. The van der Waals surface area contributed by atoms with E-state index in [0.29, 0.717) is 18.9 Å². The molecule has 2 rings (SSSR count). The molecule has 1 aliphatic rings. The summed E-state index contributed by atoms with van der Waals surface area (Å²) in [7, 11) is 0. The van der Waals surface area contributed by atoms with Crippen LogP contribution in [0.15, 0.2) is 6.07 Å². The predicted molar refractivity (Wildman–Crippen MR) is 91.4 cm³/mol. The fourth-order valence-corrected chi connectivity index (χ4v) is 2.69. The zero-order valence-electron chi connectivity index (χ0n) is 15.2. The van der Waals surface area contributed by atoms with E-state index in [2.05, 4.69) is 20.8 Å². The zero-order valence-corrected chi connectivity index (χ0v) is 15.2. The minimum atomic E-state index is -0.456. The van der Waals surface area contributed by atoms with E-state index in [1.807, 2.05) is 31.5 Å². The van der Waals surface area contributed by atoms with Gasteiger partial charge in [0.25, 0.3) is 0 Å². The van der Waals surface area contributed by atoms with E-state index < -0.39 is 5.60 Å². The summed E-state index contributed by atoms with van der Waals surface area (Å²) in [4.78, 5) is 13.9. The van der Waals surface area contributed by atoms with Crippen molar-refractivity contribution >= 4 is 11.9 Å². The Labute approximate surface area is 139 Å². The minimum Gasteiger partial charge on any atom is -0.444 e. The highest BCUT2D eigenvalue weighted by Crippen LogP contribution is 2.29. The minimum absolute atomic E-state index is 0.0173. The van der Waals surface area contributed by atoms with Crippen LogP contribution in [0.5, 0.6) is 0 Å². The lowest BCUT2D eigenvalue weighted by molar-refractivity contribution is 0.0185. The summed E-state index contributed by atoms with van der Waals surface area (Å²) in [6.45, 7) is 13.4. The second kappa shape index (κ2) is 6.06. The molecule has 1 saturated heterocycles. The summed E-state index contributed by atoms with van der Waals surface area (Å²) in [5, 5.41) is 4.69. The SMILES string of the molecule is CC(C)(C)OC(=O)N1CCC(n2nc(C(C)(C)C)cc2N)CC1.